The summed E-state index contributed by atoms with van der Waals surface area (Å²) in [6, 6.07) is 2.48. The Morgan fingerprint density at radius 3 is 1.89 bits per heavy atom. The summed E-state index contributed by atoms with van der Waals surface area (Å²) in [4.78, 5) is 13.4. The lowest BCUT2D eigenvalue weighted by atomic mass is 10.0. The van der Waals surface area contributed by atoms with E-state index in [-0.39, 0.29) is 5.91 Å². The number of ether oxygens (including phenoxy) is 3. The van der Waals surface area contributed by atoms with E-state index in [0.717, 1.165) is 0 Å². The van der Waals surface area contributed by atoms with Crippen molar-refractivity contribution in [3.8, 4) is 17.2 Å². The fourth-order valence-electron chi connectivity index (χ4n) is 1.74. The molecular formula is C13H20N2O4. The molecule has 1 aromatic carbocycles. The first-order valence-electron chi connectivity index (χ1n) is 5.72. The number of benzene rings is 1. The lowest BCUT2D eigenvalue weighted by Crippen LogP contribution is -2.33. The van der Waals surface area contributed by atoms with Crippen LogP contribution in [-0.4, -0.2) is 46.2 Å². The molecule has 6 heteroatoms. The van der Waals surface area contributed by atoms with Crippen molar-refractivity contribution in [1.82, 2.24) is 4.90 Å². The van der Waals surface area contributed by atoms with Gasteiger partial charge in [-0.2, -0.15) is 0 Å². The molecule has 0 aliphatic carbocycles. The molecule has 0 aliphatic rings. The van der Waals surface area contributed by atoms with Crippen LogP contribution in [-0.2, 0) is 4.79 Å². The van der Waals surface area contributed by atoms with Crippen LogP contribution < -0.4 is 19.9 Å². The van der Waals surface area contributed by atoms with Crippen LogP contribution in [0.15, 0.2) is 12.1 Å². The molecule has 0 aliphatic heterocycles. The quantitative estimate of drug-likeness (QED) is 0.855. The molecule has 1 aromatic rings. The molecule has 0 bridgehead atoms. The number of likely N-dealkylation sites (N-methyl/N-ethyl adjacent to an activating group) is 1. The van der Waals surface area contributed by atoms with Crippen LogP contribution in [0.5, 0.6) is 17.2 Å². The van der Waals surface area contributed by atoms with Crippen molar-refractivity contribution in [2.24, 2.45) is 5.73 Å². The van der Waals surface area contributed by atoms with Crippen molar-refractivity contribution in [2.75, 3.05) is 35.4 Å². The van der Waals surface area contributed by atoms with E-state index in [1.165, 1.54) is 19.1 Å². The molecule has 0 fully saturated rings. The molecule has 1 atom stereocenters. The summed E-state index contributed by atoms with van der Waals surface area (Å²) in [6.45, 7) is 0. The van der Waals surface area contributed by atoms with E-state index in [1.807, 2.05) is 0 Å². The van der Waals surface area contributed by atoms with Crippen LogP contribution in [0.1, 0.15) is 11.6 Å². The highest BCUT2D eigenvalue weighted by Gasteiger charge is 2.26. The second-order valence-electron chi connectivity index (χ2n) is 4.16. The highest BCUT2D eigenvalue weighted by atomic mass is 16.5. The van der Waals surface area contributed by atoms with Gasteiger partial charge in [-0.05, 0) is 0 Å². The number of hydrogen-bond acceptors (Lipinski definition) is 5. The van der Waals surface area contributed by atoms with Gasteiger partial charge in [0.1, 0.15) is 23.3 Å². The van der Waals surface area contributed by atoms with Crippen molar-refractivity contribution in [1.29, 1.82) is 0 Å². The summed E-state index contributed by atoms with van der Waals surface area (Å²) in [5.74, 6) is 1.25. The van der Waals surface area contributed by atoms with Gasteiger partial charge in [0, 0.05) is 26.2 Å². The normalized spacial score (nSPS) is 11.7. The predicted octanol–water partition coefficient (Wildman–Crippen LogP) is 0.800. The van der Waals surface area contributed by atoms with E-state index in [0.29, 0.717) is 22.8 Å². The molecule has 2 N–H and O–H groups in total. The Hall–Kier alpha value is -1.95. The van der Waals surface area contributed by atoms with Crippen LogP contribution in [0.2, 0.25) is 0 Å². The van der Waals surface area contributed by atoms with Crippen molar-refractivity contribution in [3.63, 3.8) is 0 Å². The van der Waals surface area contributed by atoms with E-state index in [4.69, 9.17) is 19.9 Å². The Balaban J connectivity index is 3.35. The lowest BCUT2D eigenvalue weighted by Gasteiger charge is -2.21. The first-order chi connectivity index (χ1) is 8.96. The summed E-state index contributed by atoms with van der Waals surface area (Å²) in [5.41, 5.74) is 6.50. The van der Waals surface area contributed by atoms with Gasteiger partial charge in [-0.3, -0.25) is 4.79 Å². The van der Waals surface area contributed by atoms with E-state index in [9.17, 15) is 4.79 Å². The minimum atomic E-state index is -0.856. The molecule has 0 heterocycles. The molecule has 19 heavy (non-hydrogen) atoms. The number of nitrogens with zero attached hydrogens (tertiary/aromatic N) is 1. The third-order valence-corrected chi connectivity index (χ3v) is 2.77. The summed E-state index contributed by atoms with van der Waals surface area (Å²) in [5, 5.41) is 0. The Bertz CT molecular complexity index is 435. The zero-order valence-corrected chi connectivity index (χ0v) is 11.9. The first-order valence-corrected chi connectivity index (χ1v) is 5.72. The number of carbonyl (C=O) groups excluding carboxylic acids is 1. The van der Waals surface area contributed by atoms with Crippen LogP contribution in [0, 0.1) is 0 Å². The molecule has 0 aromatic heterocycles. The highest BCUT2D eigenvalue weighted by molar-refractivity contribution is 5.84. The van der Waals surface area contributed by atoms with Crippen molar-refractivity contribution < 1.29 is 19.0 Å². The Kier molecular flexibility index (Phi) is 5.00. The van der Waals surface area contributed by atoms with Gasteiger partial charge in [0.15, 0.2) is 0 Å². The number of nitrogens with two attached hydrogens (primary N) is 1. The van der Waals surface area contributed by atoms with E-state index in [2.05, 4.69) is 0 Å². The number of methoxy groups -OCH3 is 3. The molecule has 0 saturated carbocycles. The molecule has 106 valence electrons. The largest absolute Gasteiger partial charge is 0.496 e. The Morgan fingerprint density at radius 1 is 1.11 bits per heavy atom. The fraction of sp³-hybridized carbons (Fsp3) is 0.462. The van der Waals surface area contributed by atoms with Crippen LogP contribution in [0.25, 0.3) is 0 Å². The van der Waals surface area contributed by atoms with Crippen LogP contribution in [0.3, 0.4) is 0 Å². The zero-order valence-electron chi connectivity index (χ0n) is 11.9. The van der Waals surface area contributed by atoms with Crippen molar-refractivity contribution >= 4 is 5.91 Å². The molecule has 1 rings (SSSR count). The average Bonchev–Trinajstić information content (AvgIpc) is 2.43. The minimum absolute atomic E-state index is 0.234. The molecule has 1 amide bonds. The molecule has 1 unspecified atom stereocenters. The maximum absolute atomic E-state index is 12.0. The lowest BCUT2D eigenvalue weighted by molar-refractivity contribution is -0.130. The monoisotopic (exact) mass is 268 g/mol. The third kappa shape index (κ3) is 3.08. The highest BCUT2D eigenvalue weighted by Crippen LogP contribution is 2.37. The average molecular weight is 268 g/mol. The van der Waals surface area contributed by atoms with Gasteiger partial charge in [0.25, 0.3) is 0 Å². The number of carbonyl (C=O) groups is 1. The Labute approximate surface area is 113 Å². The zero-order chi connectivity index (χ0) is 14.6. The van der Waals surface area contributed by atoms with Crippen LogP contribution >= 0.6 is 0 Å². The first kappa shape index (κ1) is 15.1. The van der Waals surface area contributed by atoms with Gasteiger partial charge in [-0.15, -0.1) is 0 Å². The van der Waals surface area contributed by atoms with Crippen molar-refractivity contribution in [2.45, 2.75) is 6.04 Å². The van der Waals surface area contributed by atoms with Gasteiger partial charge < -0.3 is 24.8 Å². The topological polar surface area (TPSA) is 74.0 Å². The van der Waals surface area contributed by atoms with E-state index < -0.39 is 6.04 Å². The van der Waals surface area contributed by atoms with Gasteiger partial charge in [-0.1, -0.05) is 0 Å². The number of rotatable bonds is 5. The summed E-state index contributed by atoms with van der Waals surface area (Å²) >= 11 is 0. The molecule has 6 nitrogen and oxygen atoms in total. The standard InChI is InChI=1S/C13H20N2O4/c1-15(2)13(16)12(14)11-9(18-4)6-8(17-3)7-10(11)19-5/h6-7,12H,14H2,1-5H3. The molecule has 0 spiro atoms. The number of amides is 1. The third-order valence-electron chi connectivity index (χ3n) is 2.77. The Morgan fingerprint density at radius 2 is 1.58 bits per heavy atom. The summed E-state index contributed by atoms with van der Waals surface area (Å²) in [7, 11) is 7.84. The summed E-state index contributed by atoms with van der Waals surface area (Å²) < 4.78 is 15.7. The van der Waals surface area contributed by atoms with Gasteiger partial charge in [0.05, 0.1) is 26.9 Å². The predicted molar refractivity (Wildman–Crippen MR) is 71.7 cm³/mol. The van der Waals surface area contributed by atoms with Crippen molar-refractivity contribution in [3.05, 3.63) is 17.7 Å². The fourth-order valence-corrected chi connectivity index (χ4v) is 1.74. The maximum Gasteiger partial charge on any atom is 0.243 e. The molecule has 0 saturated heterocycles. The maximum atomic E-state index is 12.0. The van der Waals surface area contributed by atoms with E-state index in [1.54, 1.807) is 33.3 Å². The smallest absolute Gasteiger partial charge is 0.243 e. The SMILES string of the molecule is COc1cc(OC)c(C(N)C(=O)N(C)C)c(OC)c1. The van der Waals surface area contributed by atoms with Gasteiger partial charge >= 0.3 is 0 Å². The summed E-state index contributed by atoms with van der Waals surface area (Å²) in [6.07, 6.45) is 0. The molecular weight excluding hydrogens is 248 g/mol. The van der Waals surface area contributed by atoms with Gasteiger partial charge in [0.2, 0.25) is 5.91 Å². The van der Waals surface area contributed by atoms with Gasteiger partial charge in [-0.25, -0.2) is 0 Å². The minimum Gasteiger partial charge on any atom is -0.496 e. The van der Waals surface area contributed by atoms with Crippen LogP contribution in [0.4, 0.5) is 0 Å². The second kappa shape index (κ2) is 6.29. The number of hydrogen-bond donors (Lipinski definition) is 1. The second-order valence-corrected chi connectivity index (χ2v) is 4.16. The molecule has 0 radical (unpaired) electrons. The van der Waals surface area contributed by atoms with E-state index >= 15 is 0 Å².